The zero-order valence-electron chi connectivity index (χ0n) is 7.85. The third kappa shape index (κ3) is 2.04. The van der Waals surface area contributed by atoms with Gasteiger partial charge in [-0.05, 0) is 6.07 Å². The van der Waals surface area contributed by atoms with Crippen LogP contribution >= 0.6 is 11.6 Å². The van der Waals surface area contributed by atoms with Crippen LogP contribution in [0.2, 0.25) is 0 Å². The molecular formula is C8H7ClN4O2. The SMILES string of the molecule is COc1ccc(-c2noc(CCl)n2)nn1. The molecule has 0 spiro atoms. The predicted molar refractivity (Wildman–Crippen MR) is 51.4 cm³/mol. The standard InChI is InChI=1S/C8H7ClN4O2/c1-14-6-3-2-5(11-12-6)8-10-7(4-9)15-13-8/h2-3H,4H2,1H3. The van der Waals surface area contributed by atoms with Crippen molar-refractivity contribution in [1.82, 2.24) is 20.3 Å². The Morgan fingerprint density at radius 2 is 2.27 bits per heavy atom. The van der Waals surface area contributed by atoms with Crippen LogP contribution in [0.15, 0.2) is 16.7 Å². The smallest absolute Gasteiger partial charge is 0.241 e. The van der Waals surface area contributed by atoms with Crippen LogP contribution in [-0.2, 0) is 5.88 Å². The average molecular weight is 227 g/mol. The van der Waals surface area contributed by atoms with Gasteiger partial charge in [-0.3, -0.25) is 0 Å². The molecule has 2 aromatic heterocycles. The van der Waals surface area contributed by atoms with Crippen LogP contribution in [0.3, 0.4) is 0 Å². The van der Waals surface area contributed by atoms with Crippen molar-refractivity contribution in [3.05, 3.63) is 18.0 Å². The van der Waals surface area contributed by atoms with Crippen molar-refractivity contribution >= 4 is 11.6 Å². The molecule has 0 aromatic carbocycles. The van der Waals surface area contributed by atoms with E-state index in [0.717, 1.165) is 0 Å². The molecule has 2 heterocycles. The third-order valence-electron chi connectivity index (χ3n) is 1.66. The van der Waals surface area contributed by atoms with Crippen LogP contribution < -0.4 is 4.74 Å². The largest absolute Gasteiger partial charge is 0.480 e. The Labute approximate surface area is 90.2 Å². The Kier molecular flexibility index (Phi) is 2.77. The van der Waals surface area contributed by atoms with Crippen molar-refractivity contribution in [1.29, 1.82) is 0 Å². The monoisotopic (exact) mass is 226 g/mol. The summed E-state index contributed by atoms with van der Waals surface area (Å²) in [5, 5.41) is 11.3. The second-order valence-corrected chi connectivity index (χ2v) is 2.87. The normalized spacial score (nSPS) is 10.3. The number of hydrogen-bond acceptors (Lipinski definition) is 6. The van der Waals surface area contributed by atoms with E-state index in [0.29, 0.717) is 23.3 Å². The maximum atomic E-state index is 5.52. The number of ether oxygens (including phenoxy) is 1. The van der Waals surface area contributed by atoms with E-state index in [-0.39, 0.29) is 5.88 Å². The van der Waals surface area contributed by atoms with Crippen molar-refractivity contribution in [3.63, 3.8) is 0 Å². The molecule has 0 radical (unpaired) electrons. The lowest BCUT2D eigenvalue weighted by molar-refractivity contribution is 0.389. The minimum absolute atomic E-state index is 0.177. The second-order valence-electron chi connectivity index (χ2n) is 2.61. The van der Waals surface area contributed by atoms with Gasteiger partial charge in [0.25, 0.3) is 0 Å². The Hall–Kier alpha value is -1.69. The highest BCUT2D eigenvalue weighted by Gasteiger charge is 2.09. The molecule has 2 aromatic rings. The maximum absolute atomic E-state index is 5.52. The molecular weight excluding hydrogens is 220 g/mol. The van der Waals surface area contributed by atoms with E-state index >= 15 is 0 Å². The van der Waals surface area contributed by atoms with Crippen LogP contribution in [0.4, 0.5) is 0 Å². The molecule has 0 aliphatic carbocycles. The minimum Gasteiger partial charge on any atom is -0.480 e. The molecule has 0 fully saturated rings. The quantitative estimate of drug-likeness (QED) is 0.734. The third-order valence-corrected chi connectivity index (χ3v) is 1.89. The molecule has 15 heavy (non-hydrogen) atoms. The Morgan fingerprint density at radius 3 is 2.80 bits per heavy atom. The number of rotatable bonds is 3. The number of alkyl halides is 1. The Morgan fingerprint density at radius 1 is 1.40 bits per heavy atom. The van der Waals surface area contributed by atoms with E-state index in [1.807, 2.05) is 0 Å². The molecule has 0 aliphatic heterocycles. The fourth-order valence-corrected chi connectivity index (χ4v) is 1.07. The first-order chi connectivity index (χ1) is 7.33. The van der Waals surface area contributed by atoms with Crippen LogP contribution in [0.5, 0.6) is 5.88 Å². The first kappa shape index (κ1) is 9.85. The van der Waals surface area contributed by atoms with Crippen LogP contribution in [0.1, 0.15) is 5.89 Å². The van der Waals surface area contributed by atoms with Gasteiger partial charge >= 0.3 is 0 Å². The van der Waals surface area contributed by atoms with E-state index in [1.54, 1.807) is 12.1 Å². The molecule has 0 aliphatic rings. The number of hydrogen-bond donors (Lipinski definition) is 0. The van der Waals surface area contributed by atoms with Gasteiger partial charge in [-0.2, -0.15) is 4.98 Å². The van der Waals surface area contributed by atoms with Crippen molar-refractivity contribution in [2.24, 2.45) is 0 Å². The highest BCUT2D eigenvalue weighted by atomic mass is 35.5. The molecule has 0 amide bonds. The van der Waals surface area contributed by atoms with E-state index in [9.17, 15) is 0 Å². The Balaban J connectivity index is 2.28. The summed E-state index contributed by atoms with van der Waals surface area (Å²) in [4.78, 5) is 4.00. The van der Waals surface area contributed by atoms with Gasteiger partial charge in [0.1, 0.15) is 11.6 Å². The van der Waals surface area contributed by atoms with Crippen molar-refractivity contribution in [2.45, 2.75) is 5.88 Å². The van der Waals surface area contributed by atoms with Crippen LogP contribution in [-0.4, -0.2) is 27.4 Å². The summed E-state index contributed by atoms with van der Waals surface area (Å²) >= 11 is 5.52. The molecule has 0 saturated heterocycles. The zero-order chi connectivity index (χ0) is 10.7. The summed E-state index contributed by atoms with van der Waals surface area (Å²) in [6, 6.07) is 3.35. The summed E-state index contributed by atoms with van der Waals surface area (Å²) in [7, 11) is 1.52. The summed E-state index contributed by atoms with van der Waals surface area (Å²) in [6.07, 6.45) is 0. The van der Waals surface area contributed by atoms with Gasteiger partial charge in [0.2, 0.25) is 17.6 Å². The maximum Gasteiger partial charge on any atom is 0.241 e. The lowest BCUT2D eigenvalue weighted by atomic mass is 10.4. The van der Waals surface area contributed by atoms with E-state index in [2.05, 4.69) is 20.3 Å². The first-order valence-electron chi connectivity index (χ1n) is 4.10. The van der Waals surface area contributed by atoms with Gasteiger partial charge in [0.05, 0.1) is 7.11 Å². The predicted octanol–water partition coefficient (Wildman–Crippen LogP) is 1.27. The van der Waals surface area contributed by atoms with E-state index in [1.165, 1.54) is 7.11 Å². The first-order valence-corrected chi connectivity index (χ1v) is 4.63. The second kappa shape index (κ2) is 4.22. The summed E-state index contributed by atoms with van der Waals surface area (Å²) in [6.45, 7) is 0. The molecule has 0 atom stereocenters. The van der Waals surface area contributed by atoms with Crippen LogP contribution in [0.25, 0.3) is 11.5 Å². The molecule has 7 heteroatoms. The lowest BCUT2D eigenvalue weighted by Gasteiger charge is -1.96. The number of methoxy groups -OCH3 is 1. The van der Waals surface area contributed by atoms with Crippen molar-refractivity contribution in [3.8, 4) is 17.4 Å². The van der Waals surface area contributed by atoms with Gasteiger partial charge < -0.3 is 9.26 Å². The molecule has 0 unspecified atom stereocenters. The minimum atomic E-state index is 0.177. The lowest BCUT2D eigenvalue weighted by Crippen LogP contribution is -1.93. The van der Waals surface area contributed by atoms with Crippen LogP contribution in [0, 0.1) is 0 Å². The number of aromatic nitrogens is 4. The fraction of sp³-hybridized carbons (Fsp3) is 0.250. The summed E-state index contributed by atoms with van der Waals surface area (Å²) in [5.74, 6) is 1.32. The molecule has 6 nitrogen and oxygen atoms in total. The van der Waals surface area contributed by atoms with Gasteiger partial charge in [-0.15, -0.1) is 21.8 Å². The molecule has 0 bridgehead atoms. The highest BCUT2D eigenvalue weighted by Crippen LogP contribution is 2.14. The topological polar surface area (TPSA) is 73.9 Å². The van der Waals surface area contributed by atoms with Gasteiger partial charge in [-0.1, -0.05) is 5.16 Å². The average Bonchev–Trinajstić information content (AvgIpc) is 2.78. The van der Waals surface area contributed by atoms with E-state index in [4.69, 9.17) is 20.9 Å². The number of nitrogens with zero attached hydrogens (tertiary/aromatic N) is 4. The summed E-state index contributed by atoms with van der Waals surface area (Å²) < 4.78 is 9.71. The molecule has 2 rings (SSSR count). The zero-order valence-corrected chi connectivity index (χ0v) is 8.60. The Bertz CT molecular complexity index is 442. The number of halogens is 1. The van der Waals surface area contributed by atoms with Crippen molar-refractivity contribution in [2.75, 3.05) is 7.11 Å². The van der Waals surface area contributed by atoms with Gasteiger partial charge in [-0.25, -0.2) is 0 Å². The van der Waals surface area contributed by atoms with E-state index < -0.39 is 0 Å². The molecule has 78 valence electrons. The van der Waals surface area contributed by atoms with Crippen molar-refractivity contribution < 1.29 is 9.26 Å². The highest BCUT2D eigenvalue weighted by molar-refractivity contribution is 6.16. The molecule has 0 saturated carbocycles. The fourth-order valence-electron chi connectivity index (χ4n) is 0.961. The van der Waals surface area contributed by atoms with Gasteiger partial charge in [0.15, 0.2) is 0 Å². The summed E-state index contributed by atoms with van der Waals surface area (Å²) in [5.41, 5.74) is 0.510. The van der Waals surface area contributed by atoms with Gasteiger partial charge in [0, 0.05) is 6.07 Å². The molecule has 0 N–H and O–H groups in total.